The van der Waals surface area contributed by atoms with Crippen molar-refractivity contribution in [3.63, 3.8) is 0 Å². The average molecular weight is 251 g/mol. The number of nitrogens with one attached hydrogen (secondary N) is 1. The Morgan fingerprint density at radius 1 is 1.22 bits per heavy atom. The van der Waals surface area contributed by atoms with Crippen LogP contribution in [0.25, 0.3) is 0 Å². The number of benzene rings is 1. The van der Waals surface area contributed by atoms with Crippen molar-refractivity contribution in [2.75, 3.05) is 13.2 Å². The fourth-order valence-corrected chi connectivity index (χ4v) is 1.69. The molecule has 1 aromatic carbocycles. The molecule has 1 atom stereocenters. The molecule has 0 saturated carbocycles. The average Bonchev–Trinajstić information content (AvgIpc) is 2.25. The van der Waals surface area contributed by atoms with Gasteiger partial charge < -0.3 is 15.2 Å². The van der Waals surface area contributed by atoms with Gasteiger partial charge >= 0.3 is 0 Å². The Balaban J connectivity index is 2.45. The molecule has 0 unspecified atom stereocenters. The lowest BCUT2D eigenvalue weighted by molar-refractivity contribution is 0.0994. The van der Waals surface area contributed by atoms with Crippen LogP contribution in [0.3, 0.4) is 0 Å². The van der Waals surface area contributed by atoms with Crippen LogP contribution >= 0.6 is 0 Å². The van der Waals surface area contributed by atoms with Gasteiger partial charge in [0.25, 0.3) is 0 Å². The Morgan fingerprint density at radius 2 is 1.78 bits per heavy atom. The molecule has 102 valence electrons. The number of hydrogen-bond donors (Lipinski definition) is 2. The molecule has 0 fully saturated rings. The molecule has 2 N–H and O–H groups in total. The van der Waals surface area contributed by atoms with Crippen LogP contribution in [0, 0.1) is 13.8 Å². The van der Waals surface area contributed by atoms with Crippen molar-refractivity contribution in [1.82, 2.24) is 5.32 Å². The maximum absolute atomic E-state index is 9.87. The van der Waals surface area contributed by atoms with Crippen LogP contribution in [0.4, 0.5) is 0 Å². The van der Waals surface area contributed by atoms with Crippen LogP contribution in [-0.4, -0.2) is 29.9 Å². The predicted octanol–water partition coefficient (Wildman–Crippen LogP) is 2.43. The van der Waals surface area contributed by atoms with E-state index in [0.717, 1.165) is 16.9 Å². The maximum Gasteiger partial charge on any atom is 0.125 e. The number of aliphatic hydroxyl groups is 1. The second-order valence-electron chi connectivity index (χ2n) is 5.82. The zero-order valence-electron chi connectivity index (χ0n) is 12.1. The lowest BCUT2D eigenvalue weighted by atomic mass is 10.1. The second-order valence-corrected chi connectivity index (χ2v) is 5.82. The molecule has 0 amide bonds. The van der Waals surface area contributed by atoms with Gasteiger partial charge in [0.2, 0.25) is 0 Å². The summed E-state index contributed by atoms with van der Waals surface area (Å²) in [6, 6.07) is 6.04. The van der Waals surface area contributed by atoms with E-state index < -0.39 is 6.10 Å². The summed E-state index contributed by atoms with van der Waals surface area (Å²) in [6.45, 7) is 11.1. The van der Waals surface area contributed by atoms with Crippen LogP contribution < -0.4 is 10.1 Å². The summed E-state index contributed by atoms with van der Waals surface area (Å²) in [5, 5.41) is 13.1. The fourth-order valence-electron chi connectivity index (χ4n) is 1.69. The first-order chi connectivity index (χ1) is 8.29. The molecule has 3 heteroatoms. The minimum absolute atomic E-state index is 0.0135. The van der Waals surface area contributed by atoms with Crippen LogP contribution in [0.5, 0.6) is 5.75 Å². The SMILES string of the molecule is Cc1cccc(C)c1OC[C@@H](O)CNC(C)(C)C. The summed E-state index contributed by atoms with van der Waals surface area (Å²) < 4.78 is 5.70. The third-order valence-corrected chi connectivity index (χ3v) is 2.70. The first kappa shape index (κ1) is 15.0. The van der Waals surface area contributed by atoms with Gasteiger partial charge in [0.1, 0.15) is 18.5 Å². The van der Waals surface area contributed by atoms with Gasteiger partial charge in [-0.2, -0.15) is 0 Å². The molecule has 3 nitrogen and oxygen atoms in total. The highest BCUT2D eigenvalue weighted by Crippen LogP contribution is 2.22. The topological polar surface area (TPSA) is 41.5 Å². The minimum atomic E-state index is -0.497. The molecular formula is C15H25NO2. The minimum Gasteiger partial charge on any atom is -0.490 e. The van der Waals surface area contributed by atoms with Crippen LogP contribution in [0.2, 0.25) is 0 Å². The number of aryl methyl sites for hydroxylation is 2. The van der Waals surface area contributed by atoms with Crippen molar-refractivity contribution < 1.29 is 9.84 Å². The highest BCUT2D eigenvalue weighted by Gasteiger charge is 2.13. The van der Waals surface area contributed by atoms with Crippen molar-refractivity contribution in [2.45, 2.75) is 46.3 Å². The molecule has 18 heavy (non-hydrogen) atoms. The van der Waals surface area contributed by atoms with Crippen LogP contribution in [0.15, 0.2) is 18.2 Å². The highest BCUT2D eigenvalue weighted by molar-refractivity contribution is 5.39. The number of rotatable bonds is 5. The molecule has 0 heterocycles. The van der Waals surface area contributed by atoms with E-state index in [2.05, 4.69) is 26.1 Å². The summed E-state index contributed by atoms with van der Waals surface area (Å²) >= 11 is 0. The molecule has 0 aliphatic carbocycles. The fraction of sp³-hybridized carbons (Fsp3) is 0.600. The number of ether oxygens (including phenoxy) is 1. The Kier molecular flexibility index (Phi) is 5.17. The molecule has 0 aromatic heterocycles. The normalized spacial score (nSPS) is 13.4. The second kappa shape index (κ2) is 6.21. The van der Waals surface area contributed by atoms with Gasteiger partial charge in [0.15, 0.2) is 0 Å². The van der Waals surface area contributed by atoms with Crippen molar-refractivity contribution in [3.05, 3.63) is 29.3 Å². The summed E-state index contributed by atoms with van der Waals surface area (Å²) in [5.41, 5.74) is 2.22. The largest absolute Gasteiger partial charge is 0.490 e. The van der Waals surface area contributed by atoms with Gasteiger partial charge in [0.05, 0.1) is 0 Å². The maximum atomic E-state index is 9.87. The molecule has 1 aromatic rings. The van der Waals surface area contributed by atoms with Gasteiger partial charge in [0, 0.05) is 12.1 Å². The molecule has 0 saturated heterocycles. The van der Waals surface area contributed by atoms with Gasteiger partial charge in [-0.1, -0.05) is 18.2 Å². The summed E-state index contributed by atoms with van der Waals surface area (Å²) in [7, 11) is 0. The number of β-amino-alcohol motifs (C(OH)–C–C–N with tert-alkyl or cyclic N) is 1. The van der Waals surface area contributed by atoms with E-state index in [1.165, 1.54) is 0 Å². The third kappa shape index (κ3) is 5.07. The van der Waals surface area contributed by atoms with E-state index in [4.69, 9.17) is 4.74 Å². The summed E-state index contributed by atoms with van der Waals surface area (Å²) in [5.74, 6) is 0.882. The van der Waals surface area contributed by atoms with Crippen molar-refractivity contribution in [3.8, 4) is 5.75 Å². The quantitative estimate of drug-likeness (QED) is 0.844. The van der Waals surface area contributed by atoms with Crippen molar-refractivity contribution in [2.24, 2.45) is 0 Å². The van der Waals surface area contributed by atoms with Crippen LogP contribution in [0.1, 0.15) is 31.9 Å². The lowest BCUT2D eigenvalue weighted by Gasteiger charge is -2.23. The predicted molar refractivity (Wildman–Crippen MR) is 75.2 cm³/mol. The number of hydrogen-bond acceptors (Lipinski definition) is 3. The number of aliphatic hydroxyl groups excluding tert-OH is 1. The van der Waals surface area contributed by atoms with E-state index in [0.29, 0.717) is 13.2 Å². The molecule has 0 bridgehead atoms. The molecule has 0 aliphatic heterocycles. The van der Waals surface area contributed by atoms with Gasteiger partial charge in [-0.05, 0) is 45.7 Å². The molecule has 1 rings (SSSR count). The van der Waals surface area contributed by atoms with E-state index in [1.807, 2.05) is 32.0 Å². The number of para-hydroxylation sites is 1. The van der Waals surface area contributed by atoms with Gasteiger partial charge in [-0.15, -0.1) is 0 Å². The lowest BCUT2D eigenvalue weighted by Crippen LogP contribution is -2.42. The first-order valence-electron chi connectivity index (χ1n) is 6.42. The zero-order valence-corrected chi connectivity index (χ0v) is 12.1. The standard InChI is InChI=1S/C15H25NO2/c1-11-7-6-8-12(2)14(11)18-10-13(17)9-16-15(3,4)5/h6-8,13,16-17H,9-10H2,1-5H3/t13-/m0/s1. The Labute approximate surface area is 110 Å². The van der Waals surface area contributed by atoms with Gasteiger partial charge in [-0.25, -0.2) is 0 Å². The summed E-state index contributed by atoms with van der Waals surface area (Å²) in [6.07, 6.45) is -0.497. The Morgan fingerprint density at radius 3 is 2.28 bits per heavy atom. The van der Waals surface area contributed by atoms with E-state index in [-0.39, 0.29) is 5.54 Å². The Hall–Kier alpha value is -1.06. The summed E-state index contributed by atoms with van der Waals surface area (Å²) in [4.78, 5) is 0. The van der Waals surface area contributed by atoms with E-state index >= 15 is 0 Å². The smallest absolute Gasteiger partial charge is 0.125 e. The van der Waals surface area contributed by atoms with Gasteiger partial charge in [-0.3, -0.25) is 0 Å². The zero-order chi connectivity index (χ0) is 13.8. The molecule has 0 spiro atoms. The van der Waals surface area contributed by atoms with Crippen LogP contribution in [-0.2, 0) is 0 Å². The van der Waals surface area contributed by atoms with E-state index in [9.17, 15) is 5.11 Å². The monoisotopic (exact) mass is 251 g/mol. The highest BCUT2D eigenvalue weighted by atomic mass is 16.5. The molecule has 0 radical (unpaired) electrons. The first-order valence-corrected chi connectivity index (χ1v) is 6.42. The molecular weight excluding hydrogens is 226 g/mol. The van der Waals surface area contributed by atoms with Crippen molar-refractivity contribution in [1.29, 1.82) is 0 Å². The molecule has 0 aliphatic rings. The van der Waals surface area contributed by atoms with Crippen molar-refractivity contribution >= 4 is 0 Å². The Bertz CT molecular complexity index is 362. The van der Waals surface area contributed by atoms with E-state index in [1.54, 1.807) is 0 Å². The third-order valence-electron chi connectivity index (χ3n) is 2.70.